The van der Waals surface area contributed by atoms with Crippen LogP contribution in [0.1, 0.15) is 25.0 Å². The van der Waals surface area contributed by atoms with Gasteiger partial charge in [-0.2, -0.15) is 0 Å². The molecule has 0 bridgehead atoms. The molecule has 1 fully saturated rings. The van der Waals surface area contributed by atoms with Gasteiger partial charge in [-0.1, -0.05) is 13.0 Å². The van der Waals surface area contributed by atoms with E-state index in [1.807, 2.05) is 30.0 Å². The highest BCUT2D eigenvalue weighted by Gasteiger charge is 2.25. The summed E-state index contributed by atoms with van der Waals surface area (Å²) in [5.74, 6) is 0.857. The van der Waals surface area contributed by atoms with Crippen LogP contribution in [-0.2, 0) is 4.79 Å². The Bertz CT molecular complexity index is 494. The fourth-order valence-electron chi connectivity index (χ4n) is 2.58. The van der Waals surface area contributed by atoms with Crippen LogP contribution >= 0.6 is 0 Å². The van der Waals surface area contributed by atoms with Crippen LogP contribution in [0.25, 0.3) is 0 Å². The molecule has 1 atom stereocenters. The van der Waals surface area contributed by atoms with Crippen molar-refractivity contribution in [3.63, 3.8) is 0 Å². The summed E-state index contributed by atoms with van der Waals surface area (Å²) >= 11 is 0. The van der Waals surface area contributed by atoms with Crippen LogP contribution in [0.5, 0.6) is 5.75 Å². The molecule has 0 aromatic heterocycles. The molecule has 4 heteroatoms. The molecule has 1 heterocycles. The first kappa shape index (κ1) is 15.8. The Balaban J connectivity index is 1.92. The quantitative estimate of drug-likeness (QED) is 0.852. The van der Waals surface area contributed by atoms with Crippen molar-refractivity contribution >= 4 is 5.91 Å². The Morgan fingerprint density at radius 1 is 1.19 bits per heavy atom. The molecule has 0 aliphatic carbocycles. The van der Waals surface area contributed by atoms with Gasteiger partial charge in [0.25, 0.3) is 5.91 Å². The molecule has 1 aromatic rings. The SMILES string of the molecule is CCN1CCN(C(=O)[C@@H](C)Oc2ccc(C)c(C)c2)CC1. The number of hydrogen-bond donors (Lipinski definition) is 0. The van der Waals surface area contributed by atoms with Crippen molar-refractivity contribution in [1.29, 1.82) is 0 Å². The number of hydrogen-bond acceptors (Lipinski definition) is 3. The minimum absolute atomic E-state index is 0.0870. The van der Waals surface area contributed by atoms with Gasteiger partial charge in [0.2, 0.25) is 0 Å². The Morgan fingerprint density at radius 2 is 1.86 bits per heavy atom. The molecule has 0 unspecified atom stereocenters. The lowest BCUT2D eigenvalue weighted by atomic mass is 10.1. The Hall–Kier alpha value is -1.55. The van der Waals surface area contributed by atoms with Crippen molar-refractivity contribution in [3.05, 3.63) is 29.3 Å². The highest BCUT2D eigenvalue weighted by Crippen LogP contribution is 2.18. The maximum absolute atomic E-state index is 12.4. The van der Waals surface area contributed by atoms with Crippen LogP contribution in [-0.4, -0.2) is 54.5 Å². The molecule has 2 rings (SSSR count). The van der Waals surface area contributed by atoms with Crippen molar-refractivity contribution in [2.75, 3.05) is 32.7 Å². The standard InChI is InChI=1S/C17H26N2O2/c1-5-18-8-10-19(11-9-18)17(20)15(4)21-16-7-6-13(2)14(3)12-16/h6-7,12,15H,5,8-11H2,1-4H3/t15-/m1/s1. The fraction of sp³-hybridized carbons (Fsp3) is 0.588. The fourth-order valence-corrected chi connectivity index (χ4v) is 2.58. The lowest BCUT2D eigenvalue weighted by Crippen LogP contribution is -2.51. The molecule has 1 aromatic carbocycles. The summed E-state index contributed by atoms with van der Waals surface area (Å²) < 4.78 is 5.81. The van der Waals surface area contributed by atoms with Gasteiger partial charge in [-0.05, 0) is 50.6 Å². The smallest absolute Gasteiger partial charge is 0.263 e. The second-order valence-electron chi connectivity index (χ2n) is 5.77. The molecular weight excluding hydrogens is 264 g/mol. The van der Waals surface area contributed by atoms with Gasteiger partial charge in [-0.15, -0.1) is 0 Å². The van der Waals surface area contributed by atoms with E-state index in [2.05, 4.69) is 25.7 Å². The molecule has 1 saturated heterocycles. The number of carbonyl (C=O) groups is 1. The van der Waals surface area contributed by atoms with Gasteiger partial charge < -0.3 is 14.5 Å². The van der Waals surface area contributed by atoms with Crippen LogP contribution in [0, 0.1) is 13.8 Å². The third-order valence-electron chi connectivity index (χ3n) is 4.27. The average molecular weight is 290 g/mol. The highest BCUT2D eigenvalue weighted by atomic mass is 16.5. The number of aryl methyl sites for hydroxylation is 2. The number of amides is 1. The molecule has 4 nitrogen and oxygen atoms in total. The number of ether oxygens (including phenoxy) is 1. The summed E-state index contributed by atoms with van der Waals surface area (Å²) in [6.45, 7) is 12.7. The van der Waals surface area contributed by atoms with Gasteiger partial charge >= 0.3 is 0 Å². The molecular formula is C17H26N2O2. The third-order valence-corrected chi connectivity index (χ3v) is 4.27. The zero-order valence-corrected chi connectivity index (χ0v) is 13.6. The van der Waals surface area contributed by atoms with E-state index in [9.17, 15) is 4.79 Å². The molecule has 1 aliphatic heterocycles. The number of rotatable bonds is 4. The van der Waals surface area contributed by atoms with Crippen LogP contribution in [0.4, 0.5) is 0 Å². The summed E-state index contributed by atoms with van der Waals surface area (Å²) in [6.07, 6.45) is -0.430. The van der Waals surface area contributed by atoms with Crippen molar-refractivity contribution in [3.8, 4) is 5.75 Å². The molecule has 1 aliphatic rings. The number of piperazine rings is 1. The average Bonchev–Trinajstić information content (AvgIpc) is 2.50. The predicted octanol–water partition coefficient (Wildman–Crippen LogP) is 2.23. The van der Waals surface area contributed by atoms with Gasteiger partial charge in [0, 0.05) is 26.2 Å². The second-order valence-corrected chi connectivity index (χ2v) is 5.77. The normalized spacial score (nSPS) is 17.6. The highest BCUT2D eigenvalue weighted by molar-refractivity contribution is 5.81. The third kappa shape index (κ3) is 3.97. The van der Waals surface area contributed by atoms with E-state index in [1.165, 1.54) is 11.1 Å². The van der Waals surface area contributed by atoms with Crippen LogP contribution in [0.15, 0.2) is 18.2 Å². The number of nitrogens with zero attached hydrogens (tertiary/aromatic N) is 2. The molecule has 21 heavy (non-hydrogen) atoms. The van der Waals surface area contributed by atoms with E-state index in [4.69, 9.17) is 4.74 Å². The van der Waals surface area contributed by atoms with E-state index in [-0.39, 0.29) is 5.91 Å². The topological polar surface area (TPSA) is 32.8 Å². The van der Waals surface area contributed by atoms with Gasteiger partial charge in [-0.3, -0.25) is 4.79 Å². The van der Waals surface area contributed by atoms with Gasteiger partial charge in [0.05, 0.1) is 0 Å². The second kappa shape index (κ2) is 6.94. The molecule has 1 amide bonds. The summed E-state index contributed by atoms with van der Waals surface area (Å²) in [5.41, 5.74) is 2.42. The largest absolute Gasteiger partial charge is 0.481 e. The maximum atomic E-state index is 12.4. The van der Waals surface area contributed by atoms with Crippen molar-refractivity contribution in [2.24, 2.45) is 0 Å². The molecule has 116 valence electrons. The minimum atomic E-state index is -0.430. The van der Waals surface area contributed by atoms with Crippen molar-refractivity contribution in [1.82, 2.24) is 9.80 Å². The Kier molecular flexibility index (Phi) is 5.23. The monoisotopic (exact) mass is 290 g/mol. The Labute approximate surface area is 127 Å². The van der Waals surface area contributed by atoms with Gasteiger partial charge in [-0.25, -0.2) is 0 Å². The Morgan fingerprint density at radius 3 is 2.43 bits per heavy atom. The zero-order chi connectivity index (χ0) is 15.4. The number of benzene rings is 1. The van der Waals surface area contributed by atoms with E-state index in [0.717, 1.165) is 38.5 Å². The first-order valence-electron chi connectivity index (χ1n) is 7.76. The molecule has 0 radical (unpaired) electrons. The van der Waals surface area contributed by atoms with Crippen molar-refractivity contribution in [2.45, 2.75) is 33.8 Å². The van der Waals surface area contributed by atoms with Crippen LogP contribution in [0.3, 0.4) is 0 Å². The van der Waals surface area contributed by atoms with Crippen molar-refractivity contribution < 1.29 is 9.53 Å². The first-order valence-corrected chi connectivity index (χ1v) is 7.76. The van der Waals surface area contributed by atoms with Gasteiger partial charge in [0.1, 0.15) is 5.75 Å². The lowest BCUT2D eigenvalue weighted by molar-refractivity contribution is -0.139. The van der Waals surface area contributed by atoms with E-state index in [1.54, 1.807) is 0 Å². The zero-order valence-electron chi connectivity index (χ0n) is 13.6. The molecule has 0 spiro atoms. The maximum Gasteiger partial charge on any atom is 0.263 e. The first-order chi connectivity index (χ1) is 10.0. The van der Waals surface area contributed by atoms with Gasteiger partial charge in [0.15, 0.2) is 6.10 Å². The van der Waals surface area contributed by atoms with E-state index < -0.39 is 6.10 Å². The lowest BCUT2D eigenvalue weighted by Gasteiger charge is -2.35. The van der Waals surface area contributed by atoms with E-state index >= 15 is 0 Å². The summed E-state index contributed by atoms with van der Waals surface area (Å²) in [7, 11) is 0. The van der Waals surface area contributed by atoms with Crippen LogP contribution in [0.2, 0.25) is 0 Å². The number of likely N-dealkylation sites (N-methyl/N-ethyl adjacent to an activating group) is 1. The minimum Gasteiger partial charge on any atom is -0.481 e. The van der Waals surface area contributed by atoms with Crippen LogP contribution < -0.4 is 4.74 Å². The summed E-state index contributed by atoms with van der Waals surface area (Å²) in [6, 6.07) is 5.96. The number of carbonyl (C=O) groups excluding carboxylic acids is 1. The predicted molar refractivity (Wildman–Crippen MR) is 84.7 cm³/mol. The van der Waals surface area contributed by atoms with E-state index in [0.29, 0.717) is 0 Å². The summed E-state index contributed by atoms with van der Waals surface area (Å²) in [5, 5.41) is 0. The molecule has 0 N–H and O–H groups in total. The summed E-state index contributed by atoms with van der Waals surface area (Å²) in [4.78, 5) is 16.7. The molecule has 0 saturated carbocycles.